The maximum Gasteiger partial charge on any atom is 0.0999 e. The molecule has 0 radical (unpaired) electrons. The third kappa shape index (κ3) is 4.39. The van der Waals surface area contributed by atoms with Crippen LogP contribution in [0.25, 0.3) is 0 Å². The molecule has 0 aliphatic heterocycles. The number of hydrogen-bond acceptors (Lipinski definition) is 2. The highest BCUT2D eigenvalue weighted by Crippen LogP contribution is 1.97. The zero-order valence-corrected chi connectivity index (χ0v) is 7.01. The second kappa shape index (κ2) is 5.37. The molecule has 8 heavy (non-hydrogen) atoms. The van der Waals surface area contributed by atoms with Gasteiger partial charge in [-0.25, -0.2) is 0 Å². The first-order valence-corrected chi connectivity index (χ1v) is 3.65. The minimum Gasteiger partial charge on any atom is -0.496 e. The van der Waals surface area contributed by atoms with Gasteiger partial charge in [0.2, 0.25) is 0 Å². The first kappa shape index (κ1) is 8.23. The molecule has 0 aromatic carbocycles. The topological polar surface area (TPSA) is 35.2 Å². The van der Waals surface area contributed by atoms with Gasteiger partial charge in [0.05, 0.1) is 12.4 Å². The lowest BCUT2D eigenvalue weighted by molar-refractivity contribution is 0.224. The lowest BCUT2D eigenvalue weighted by Gasteiger charge is -2.00. The van der Waals surface area contributed by atoms with E-state index >= 15 is 0 Å². The Labute approximate surface area is 63.2 Å². The molecule has 0 rings (SSSR count). The van der Waals surface area contributed by atoms with Crippen molar-refractivity contribution in [3.8, 4) is 0 Å². The monoisotopic (exact) mass is 227 g/mol. The van der Waals surface area contributed by atoms with E-state index in [1.54, 1.807) is 0 Å². The largest absolute Gasteiger partial charge is 0.496 e. The Kier molecular flexibility index (Phi) is 5.52. The molecule has 2 N–H and O–H groups in total. The third-order valence-corrected chi connectivity index (χ3v) is 1.48. The van der Waals surface area contributed by atoms with Gasteiger partial charge >= 0.3 is 0 Å². The van der Waals surface area contributed by atoms with Crippen molar-refractivity contribution in [3.63, 3.8) is 0 Å². The quantitative estimate of drug-likeness (QED) is 0.581. The van der Waals surface area contributed by atoms with Crippen LogP contribution in [0.3, 0.4) is 0 Å². The first-order chi connectivity index (χ1) is 3.81. The summed E-state index contributed by atoms with van der Waals surface area (Å²) in [7, 11) is 0. The third-order valence-electron chi connectivity index (χ3n) is 0.601. The minimum atomic E-state index is 0.585. The zero-order chi connectivity index (χ0) is 6.41. The van der Waals surface area contributed by atoms with Crippen molar-refractivity contribution in [1.29, 1.82) is 0 Å². The van der Waals surface area contributed by atoms with Gasteiger partial charge in [0, 0.05) is 10.6 Å². The lowest BCUT2D eigenvalue weighted by atomic mass is 10.6. The van der Waals surface area contributed by atoms with E-state index in [9.17, 15) is 0 Å². The summed E-state index contributed by atoms with van der Waals surface area (Å²) in [6, 6.07) is 0. The molecule has 0 saturated heterocycles. The average Bonchev–Trinajstić information content (AvgIpc) is 1.83. The summed E-state index contributed by atoms with van der Waals surface area (Å²) in [5.74, 6) is 0.927. The molecule has 0 bridgehead atoms. The highest BCUT2D eigenvalue weighted by Gasteiger charge is 1.82. The van der Waals surface area contributed by atoms with Crippen molar-refractivity contribution >= 4 is 22.6 Å². The molecule has 3 heteroatoms. The number of halogens is 1. The molecule has 48 valence electrons. The SMILES string of the molecule is C/C(=C/I)OCCN. The van der Waals surface area contributed by atoms with Crippen molar-refractivity contribution in [1.82, 2.24) is 0 Å². The van der Waals surface area contributed by atoms with Gasteiger partial charge in [-0.15, -0.1) is 0 Å². The van der Waals surface area contributed by atoms with Crippen LogP contribution in [0.2, 0.25) is 0 Å². The standard InChI is InChI=1S/C5H10INO/c1-5(4-6)8-3-2-7/h4H,2-3,7H2,1H3/b5-4-. The highest BCUT2D eigenvalue weighted by molar-refractivity contribution is 14.1. The average molecular weight is 227 g/mol. The van der Waals surface area contributed by atoms with E-state index in [4.69, 9.17) is 10.5 Å². The van der Waals surface area contributed by atoms with E-state index in [0.717, 1.165) is 5.76 Å². The highest BCUT2D eigenvalue weighted by atomic mass is 127. The van der Waals surface area contributed by atoms with E-state index in [-0.39, 0.29) is 0 Å². The van der Waals surface area contributed by atoms with Crippen molar-refractivity contribution in [2.45, 2.75) is 6.92 Å². The van der Waals surface area contributed by atoms with Crippen LogP contribution in [0.15, 0.2) is 9.84 Å². The molecule has 0 heterocycles. The summed E-state index contributed by atoms with van der Waals surface area (Å²) in [4.78, 5) is 0. The van der Waals surface area contributed by atoms with E-state index in [0.29, 0.717) is 13.2 Å². The molecule has 0 spiro atoms. The fourth-order valence-corrected chi connectivity index (χ4v) is 0.431. The number of ether oxygens (including phenoxy) is 1. The van der Waals surface area contributed by atoms with E-state index in [1.165, 1.54) is 0 Å². The maximum atomic E-state index is 5.18. The van der Waals surface area contributed by atoms with Crippen LogP contribution in [0.4, 0.5) is 0 Å². The van der Waals surface area contributed by atoms with Crippen LogP contribution in [0.5, 0.6) is 0 Å². The Morgan fingerprint density at radius 2 is 2.50 bits per heavy atom. The van der Waals surface area contributed by atoms with Gasteiger partial charge in [0.25, 0.3) is 0 Å². The van der Waals surface area contributed by atoms with Crippen LogP contribution in [-0.2, 0) is 4.74 Å². The van der Waals surface area contributed by atoms with E-state index in [2.05, 4.69) is 22.6 Å². The fourth-order valence-electron chi connectivity index (χ4n) is 0.251. The molecule has 0 saturated carbocycles. The predicted molar refractivity (Wildman–Crippen MR) is 42.8 cm³/mol. The normalized spacial score (nSPS) is 11.6. The predicted octanol–water partition coefficient (Wildman–Crippen LogP) is 1.26. The summed E-state index contributed by atoms with van der Waals surface area (Å²) in [6.45, 7) is 3.11. The van der Waals surface area contributed by atoms with Crippen molar-refractivity contribution in [2.24, 2.45) is 5.73 Å². The molecule has 0 fully saturated rings. The Bertz CT molecular complexity index is 82.5. The number of rotatable bonds is 3. The molecule has 0 aromatic heterocycles. The molecule has 0 aromatic rings. The molecule has 2 nitrogen and oxygen atoms in total. The van der Waals surface area contributed by atoms with Crippen LogP contribution in [0.1, 0.15) is 6.92 Å². The van der Waals surface area contributed by atoms with Gasteiger partial charge < -0.3 is 10.5 Å². The summed E-state index contributed by atoms with van der Waals surface area (Å²) >= 11 is 2.13. The van der Waals surface area contributed by atoms with E-state index < -0.39 is 0 Å². The minimum absolute atomic E-state index is 0.585. The molecular formula is C5H10INO. The lowest BCUT2D eigenvalue weighted by Crippen LogP contribution is -2.06. The van der Waals surface area contributed by atoms with Gasteiger partial charge in [-0.05, 0) is 29.5 Å². The van der Waals surface area contributed by atoms with Crippen LogP contribution in [-0.4, -0.2) is 13.2 Å². The molecule has 0 amide bonds. The first-order valence-electron chi connectivity index (χ1n) is 2.41. The Morgan fingerprint density at radius 1 is 1.88 bits per heavy atom. The molecule has 0 unspecified atom stereocenters. The van der Waals surface area contributed by atoms with E-state index in [1.807, 2.05) is 11.0 Å². The Morgan fingerprint density at radius 3 is 2.88 bits per heavy atom. The smallest absolute Gasteiger partial charge is 0.0999 e. The van der Waals surface area contributed by atoms with Crippen molar-refractivity contribution in [2.75, 3.05) is 13.2 Å². The van der Waals surface area contributed by atoms with Crippen LogP contribution >= 0.6 is 22.6 Å². The second-order valence-electron chi connectivity index (χ2n) is 1.36. The summed E-state index contributed by atoms with van der Waals surface area (Å²) < 4.78 is 6.95. The number of hydrogen-bond donors (Lipinski definition) is 1. The van der Waals surface area contributed by atoms with Crippen molar-refractivity contribution in [3.05, 3.63) is 9.84 Å². The molecular weight excluding hydrogens is 217 g/mol. The van der Waals surface area contributed by atoms with Gasteiger partial charge in [-0.2, -0.15) is 0 Å². The zero-order valence-electron chi connectivity index (χ0n) is 4.86. The van der Waals surface area contributed by atoms with Gasteiger partial charge in [0.1, 0.15) is 0 Å². The molecule has 0 aliphatic rings. The maximum absolute atomic E-state index is 5.18. The van der Waals surface area contributed by atoms with Crippen molar-refractivity contribution < 1.29 is 4.74 Å². The summed E-state index contributed by atoms with van der Waals surface area (Å²) in [5.41, 5.74) is 5.18. The summed E-state index contributed by atoms with van der Waals surface area (Å²) in [6.07, 6.45) is 0. The van der Waals surface area contributed by atoms with Crippen LogP contribution < -0.4 is 5.73 Å². The van der Waals surface area contributed by atoms with Gasteiger partial charge in [-0.3, -0.25) is 0 Å². The Hall–Kier alpha value is 0.230. The summed E-state index contributed by atoms with van der Waals surface area (Å²) in [5, 5.41) is 0. The number of allylic oxidation sites excluding steroid dienone is 1. The van der Waals surface area contributed by atoms with Crippen LogP contribution in [0, 0.1) is 0 Å². The van der Waals surface area contributed by atoms with Gasteiger partial charge in [0.15, 0.2) is 0 Å². The fraction of sp³-hybridized carbons (Fsp3) is 0.600. The number of nitrogens with two attached hydrogens (primary N) is 1. The van der Waals surface area contributed by atoms with Gasteiger partial charge in [-0.1, -0.05) is 0 Å². The Balaban J connectivity index is 3.12. The second-order valence-corrected chi connectivity index (χ2v) is 1.98. The molecule has 0 atom stereocenters. The molecule has 0 aliphatic carbocycles.